The van der Waals surface area contributed by atoms with Crippen molar-refractivity contribution in [2.75, 3.05) is 0 Å². The second-order valence-electron chi connectivity index (χ2n) is 2.90. The number of aliphatic hydroxyl groups is 1. The molecule has 1 aromatic carbocycles. The summed E-state index contributed by atoms with van der Waals surface area (Å²) in [6, 6.07) is 5.72. The molecule has 0 aromatic heterocycles. The van der Waals surface area contributed by atoms with E-state index in [1.807, 2.05) is 18.2 Å². The molecule has 2 rings (SSSR count). The number of benzene rings is 1. The topological polar surface area (TPSA) is 20.2 Å². The minimum Gasteiger partial charge on any atom is -0.388 e. The molecular formula is C9H9ClO. The first-order chi connectivity index (χ1) is 5.27. The van der Waals surface area contributed by atoms with Crippen LogP contribution in [0.25, 0.3) is 0 Å². The lowest BCUT2D eigenvalue weighted by Gasteiger charge is -2.02. The highest BCUT2D eigenvalue weighted by Crippen LogP contribution is 2.32. The Balaban J connectivity index is 2.52. The zero-order valence-corrected chi connectivity index (χ0v) is 6.80. The first kappa shape index (κ1) is 7.14. The molecule has 0 bridgehead atoms. The highest BCUT2D eigenvalue weighted by atomic mass is 35.5. The summed E-state index contributed by atoms with van der Waals surface area (Å²) in [5, 5.41) is 10.2. The van der Waals surface area contributed by atoms with Gasteiger partial charge in [0.25, 0.3) is 0 Å². The molecule has 0 fully saturated rings. The van der Waals surface area contributed by atoms with Gasteiger partial charge in [-0.3, -0.25) is 0 Å². The summed E-state index contributed by atoms with van der Waals surface area (Å²) >= 11 is 5.78. The maximum atomic E-state index is 9.45. The van der Waals surface area contributed by atoms with E-state index in [-0.39, 0.29) is 6.10 Å². The molecule has 1 aliphatic rings. The van der Waals surface area contributed by atoms with Gasteiger partial charge >= 0.3 is 0 Å². The second kappa shape index (κ2) is 2.50. The lowest BCUT2D eigenvalue weighted by atomic mass is 10.1. The van der Waals surface area contributed by atoms with Crippen molar-refractivity contribution in [3.8, 4) is 0 Å². The summed E-state index contributed by atoms with van der Waals surface area (Å²) in [7, 11) is 0. The Hall–Kier alpha value is -0.530. The van der Waals surface area contributed by atoms with Gasteiger partial charge in [-0.05, 0) is 36.1 Å². The SMILES string of the molecule is O[C@@H]1CCc2ccc(Cl)cc21. The average Bonchev–Trinajstić information content (AvgIpc) is 2.33. The third kappa shape index (κ3) is 1.15. The van der Waals surface area contributed by atoms with Gasteiger partial charge < -0.3 is 5.11 Å². The van der Waals surface area contributed by atoms with E-state index in [2.05, 4.69) is 0 Å². The van der Waals surface area contributed by atoms with Crippen LogP contribution in [0.3, 0.4) is 0 Å². The summed E-state index contributed by atoms with van der Waals surface area (Å²) < 4.78 is 0. The molecule has 1 N–H and O–H groups in total. The van der Waals surface area contributed by atoms with Crippen LogP contribution in [0, 0.1) is 0 Å². The van der Waals surface area contributed by atoms with Crippen LogP contribution in [0.5, 0.6) is 0 Å². The average molecular weight is 169 g/mol. The molecule has 1 aromatic rings. The molecule has 0 aliphatic heterocycles. The summed E-state index contributed by atoms with van der Waals surface area (Å²) in [4.78, 5) is 0. The smallest absolute Gasteiger partial charge is 0.0796 e. The van der Waals surface area contributed by atoms with Crippen molar-refractivity contribution in [1.29, 1.82) is 0 Å². The number of fused-ring (bicyclic) bond motifs is 1. The Labute approximate surface area is 70.6 Å². The van der Waals surface area contributed by atoms with Crippen LogP contribution in [0.2, 0.25) is 5.02 Å². The van der Waals surface area contributed by atoms with Crippen molar-refractivity contribution in [3.05, 3.63) is 34.3 Å². The molecule has 0 spiro atoms. The van der Waals surface area contributed by atoms with Crippen molar-refractivity contribution in [2.24, 2.45) is 0 Å². The molecule has 0 radical (unpaired) electrons. The van der Waals surface area contributed by atoms with Gasteiger partial charge in [-0.25, -0.2) is 0 Å². The van der Waals surface area contributed by atoms with E-state index in [4.69, 9.17) is 11.6 Å². The third-order valence-electron chi connectivity index (χ3n) is 2.15. The number of hydrogen-bond donors (Lipinski definition) is 1. The van der Waals surface area contributed by atoms with Crippen LogP contribution < -0.4 is 0 Å². The van der Waals surface area contributed by atoms with Crippen LogP contribution in [-0.2, 0) is 6.42 Å². The predicted molar refractivity (Wildman–Crippen MR) is 44.7 cm³/mol. The monoisotopic (exact) mass is 168 g/mol. The highest BCUT2D eigenvalue weighted by molar-refractivity contribution is 6.30. The van der Waals surface area contributed by atoms with Crippen LogP contribution in [0.15, 0.2) is 18.2 Å². The van der Waals surface area contributed by atoms with Crippen molar-refractivity contribution >= 4 is 11.6 Å². The zero-order valence-electron chi connectivity index (χ0n) is 6.05. The lowest BCUT2D eigenvalue weighted by molar-refractivity contribution is 0.180. The number of aryl methyl sites for hydroxylation is 1. The quantitative estimate of drug-likeness (QED) is 0.631. The fourth-order valence-electron chi connectivity index (χ4n) is 1.55. The standard InChI is InChI=1S/C9H9ClO/c10-7-3-1-6-2-4-9(11)8(6)5-7/h1,3,5,9,11H,2,4H2/t9-/m1/s1. The number of hydrogen-bond acceptors (Lipinski definition) is 1. The van der Waals surface area contributed by atoms with Crippen molar-refractivity contribution in [3.63, 3.8) is 0 Å². The maximum Gasteiger partial charge on any atom is 0.0796 e. The predicted octanol–water partition coefficient (Wildman–Crippen LogP) is 2.32. The van der Waals surface area contributed by atoms with Crippen molar-refractivity contribution < 1.29 is 5.11 Å². The van der Waals surface area contributed by atoms with E-state index in [1.54, 1.807) is 0 Å². The van der Waals surface area contributed by atoms with Crippen LogP contribution >= 0.6 is 11.6 Å². The van der Waals surface area contributed by atoms with Gasteiger partial charge in [0.05, 0.1) is 6.10 Å². The Morgan fingerprint density at radius 2 is 2.27 bits per heavy atom. The van der Waals surface area contributed by atoms with Crippen LogP contribution in [-0.4, -0.2) is 5.11 Å². The van der Waals surface area contributed by atoms with E-state index in [1.165, 1.54) is 5.56 Å². The highest BCUT2D eigenvalue weighted by Gasteiger charge is 2.19. The Morgan fingerprint density at radius 1 is 1.45 bits per heavy atom. The molecule has 0 saturated carbocycles. The first-order valence-electron chi connectivity index (χ1n) is 3.74. The molecule has 1 aliphatic carbocycles. The third-order valence-corrected chi connectivity index (χ3v) is 2.39. The van der Waals surface area contributed by atoms with E-state index in [0.717, 1.165) is 18.4 Å². The molecule has 58 valence electrons. The zero-order chi connectivity index (χ0) is 7.84. The van der Waals surface area contributed by atoms with Gasteiger partial charge in [0.15, 0.2) is 0 Å². The molecule has 0 amide bonds. The first-order valence-corrected chi connectivity index (χ1v) is 4.11. The number of rotatable bonds is 0. The lowest BCUT2D eigenvalue weighted by Crippen LogP contribution is -1.89. The Kier molecular flexibility index (Phi) is 1.63. The minimum atomic E-state index is -0.288. The number of aliphatic hydroxyl groups excluding tert-OH is 1. The summed E-state index contributed by atoms with van der Waals surface area (Å²) in [5.74, 6) is 0. The summed E-state index contributed by atoms with van der Waals surface area (Å²) in [6.45, 7) is 0. The van der Waals surface area contributed by atoms with Gasteiger partial charge in [0.2, 0.25) is 0 Å². The van der Waals surface area contributed by atoms with Gasteiger partial charge in [0, 0.05) is 5.02 Å². The molecule has 1 atom stereocenters. The normalized spacial score (nSPS) is 21.8. The summed E-state index contributed by atoms with van der Waals surface area (Å²) in [6.07, 6.45) is 1.53. The fraction of sp³-hybridized carbons (Fsp3) is 0.333. The maximum absolute atomic E-state index is 9.45. The van der Waals surface area contributed by atoms with Crippen molar-refractivity contribution in [2.45, 2.75) is 18.9 Å². The van der Waals surface area contributed by atoms with Crippen LogP contribution in [0.1, 0.15) is 23.7 Å². The van der Waals surface area contributed by atoms with Crippen LogP contribution in [0.4, 0.5) is 0 Å². The molecule has 1 nitrogen and oxygen atoms in total. The van der Waals surface area contributed by atoms with Gasteiger partial charge in [-0.15, -0.1) is 0 Å². The van der Waals surface area contributed by atoms with Crippen molar-refractivity contribution in [1.82, 2.24) is 0 Å². The fourth-order valence-corrected chi connectivity index (χ4v) is 1.73. The molecular weight excluding hydrogens is 160 g/mol. The van der Waals surface area contributed by atoms with Gasteiger partial charge in [-0.2, -0.15) is 0 Å². The number of halogens is 1. The van der Waals surface area contributed by atoms with E-state index >= 15 is 0 Å². The molecule has 0 unspecified atom stereocenters. The second-order valence-corrected chi connectivity index (χ2v) is 3.33. The molecule has 0 heterocycles. The minimum absolute atomic E-state index is 0.288. The largest absolute Gasteiger partial charge is 0.388 e. The van der Waals surface area contributed by atoms with E-state index < -0.39 is 0 Å². The van der Waals surface area contributed by atoms with E-state index in [9.17, 15) is 5.11 Å². The summed E-state index contributed by atoms with van der Waals surface area (Å²) in [5.41, 5.74) is 2.25. The van der Waals surface area contributed by atoms with Gasteiger partial charge in [0.1, 0.15) is 0 Å². The molecule has 0 saturated heterocycles. The molecule has 2 heteroatoms. The van der Waals surface area contributed by atoms with Gasteiger partial charge in [-0.1, -0.05) is 17.7 Å². The Bertz CT molecular complexity index is 283. The molecule has 11 heavy (non-hydrogen) atoms. The van der Waals surface area contributed by atoms with E-state index in [0.29, 0.717) is 5.02 Å². The Morgan fingerprint density at radius 3 is 3.09 bits per heavy atom.